The molecule has 2 N–H and O–H groups in total. The highest BCUT2D eigenvalue weighted by Crippen LogP contribution is 2.25. The van der Waals surface area contributed by atoms with Gasteiger partial charge >= 0.3 is 0 Å². The molecule has 3 heteroatoms. The monoisotopic (exact) mass is 322 g/mol. The first-order chi connectivity index (χ1) is 11.5. The van der Waals surface area contributed by atoms with E-state index in [1.165, 1.54) is 33.3 Å². The summed E-state index contributed by atoms with van der Waals surface area (Å²) >= 11 is 0. The molecule has 1 heterocycles. The minimum Gasteiger partial charge on any atom is -0.389 e. The van der Waals surface area contributed by atoms with Crippen molar-refractivity contribution in [2.45, 2.75) is 40.3 Å². The number of nitrogens with one attached hydrogen (secondary N) is 1. The second kappa shape index (κ2) is 6.70. The van der Waals surface area contributed by atoms with Gasteiger partial charge in [0.25, 0.3) is 0 Å². The Balaban J connectivity index is 1.72. The van der Waals surface area contributed by atoms with Crippen molar-refractivity contribution in [3.8, 4) is 0 Å². The van der Waals surface area contributed by atoms with Gasteiger partial charge in [0, 0.05) is 28.8 Å². The summed E-state index contributed by atoms with van der Waals surface area (Å²) in [5.74, 6) is 0. The molecule has 0 radical (unpaired) electrons. The number of fused-ring (bicyclic) bond motifs is 1. The Kier molecular flexibility index (Phi) is 4.63. The fourth-order valence-corrected chi connectivity index (χ4v) is 3.20. The van der Waals surface area contributed by atoms with E-state index in [0.717, 1.165) is 5.69 Å². The summed E-state index contributed by atoms with van der Waals surface area (Å²) in [5, 5.41) is 15.1. The van der Waals surface area contributed by atoms with Gasteiger partial charge in [-0.3, -0.25) is 0 Å². The van der Waals surface area contributed by atoms with Gasteiger partial charge in [0.2, 0.25) is 0 Å². The maximum Gasteiger partial charge on any atom is 0.0891 e. The Morgan fingerprint density at radius 2 is 1.75 bits per heavy atom. The number of aliphatic hydroxyl groups is 1. The molecule has 24 heavy (non-hydrogen) atoms. The summed E-state index contributed by atoms with van der Waals surface area (Å²) in [6.07, 6.45) is -0.444. The van der Waals surface area contributed by atoms with Crippen molar-refractivity contribution in [2.24, 2.45) is 0 Å². The zero-order valence-electron chi connectivity index (χ0n) is 14.9. The lowest BCUT2D eigenvalue weighted by molar-refractivity contribution is 0.167. The number of anilines is 1. The van der Waals surface area contributed by atoms with Crippen LogP contribution in [0.15, 0.2) is 42.5 Å². The first kappa shape index (κ1) is 16.6. The van der Waals surface area contributed by atoms with Crippen molar-refractivity contribution in [3.63, 3.8) is 0 Å². The van der Waals surface area contributed by atoms with Gasteiger partial charge in [-0.1, -0.05) is 24.3 Å². The third kappa shape index (κ3) is 3.17. The number of rotatable bonds is 5. The highest BCUT2D eigenvalue weighted by atomic mass is 16.3. The van der Waals surface area contributed by atoms with Crippen molar-refractivity contribution in [2.75, 3.05) is 11.9 Å². The minimum absolute atomic E-state index is 0.444. The van der Waals surface area contributed by atoms with Gasteiger partial charge in [-0.15, -0.1) is 0 Å². The fraction of sp³-hybridized carbons (Fsp3) is 0.333. The van der Waals surface area contributed by atoms with Crippen LogP contribution in [0.1, 0.15) is 22.4 Å². The lowest BCUT2D eigenvalue weighted by Crippen LogP contribution is -2.25. The van der Waals surface area contributed by atoms with E-state index in [4.69, 9.17) is 0 Å². The molecule has 0 aliphatic heterocycles. The van der Waals surface area contributed by atoms with Crippen molar-refractivity contribution in [1.82, 2.24) is 4.57 Å². The molecule has 0 spiro atoms. The minimum atomic E-state index is -0.444. The highest BCUT2D eigenvalue weighted by Gasteiger charge is 2.13. The van der Waals surface area contributed by atoms with Crippen LogP contribution in [0, 0.1) is 27.7 Å². The van der Waals surface area contributed by atoms with E-state index in [-0.39, 0.29) is 0 Å². The summed E-state index contributed by atoms with van der Waals surface area (Å²) in [7, 11) is 0. The third-order valence-corrected chi connectivity index (χ3v) is 4.99. The Bertz CT molecular complexity index is 864. The lowest BCUT2D eigenvalue weighted by atomic mass is 10.1. The molecule has 0 saturated heterocycles. The molecule has 0 fully saturated rings. The van der Waals surface area contributed by atoms with Crippen LogP contribution >= 0.6 is 0 Å². The van der Waals surface area contributed by atoms with Crippen molar-refractivity contribution < 1.29 is 5.11 Å². The first-order valence-corrected chi connectivity index (χ1v) is 8.51. The van der Waals surface area contributed by atoms with Gasteiger partial charge in [-0.25, -0.2) is 0 Å². The molecule has 2 aromatic carbocycles. The Morgan fingerprint density at radius 3 is 2.50 bits per heavy atom. The molecule has 0 aliphatic rings. The number of hydrogen-bond donors (Lipinski definition) is 2. The van der Waals surface area contributed by atoms with E-state index in [1.54, 1.807) is 0 Å². The van der Waals surface area contributed by atoms with Gasteiger partial charge in [-0.2, -0.15) is 0 Å². The molecule has 0 bridgehead atoms. The van der Waals surface area contributed by atoms with E-state index in [1.807, 2.05) is 0 Å². The molecular formula is C21H26N2O. The molecule has 0 saturated carbocycles. The SMILES string of the molecule is Cc1ccc(NCC(O)Cn2c(C)c(C)c3ccccc32)cc1C. The van der Waals surface area contributed by atoms with Crippen LogP contribution in [0.3, 0.4) is 0 Å². The smallest absolute Gasteiger partial charge is 0.0891 e. The number of para-hydroxylation sites is 1. The van der Waals surface area contributed by atoms with Crippen molar-refractivity contribution >= 4 is 16.6 Å². The molecule has 1 atom stereocenters. The van der Waals surface area contributed by atoms with E-state index >= 15 is 0 Å². The maximum absolute atomic E-state index is 10.5. The number of nitrogens with zero attached hydrogens (tertiary/aromatic N) is 1. The van der Waals surface area contributed by atoms with Crippen LogP contribution in [0.25, 0.3) is 10.9 Å². The summed E-state index contributed by atoms with van der Waals surface area (Å²) in [6.45, 7) is 9.61. The number of aliphatic hydroxyl groups excluding tert-OH is 1. The standard InChI is InChI=1S/C21H26N2O/c1-14-9-10-18(11-15(14)2)22-12-19(24)13-23-17(4)16(3)20-7-5-6-8-21(20)23/h5-11,19,22,24H,12-13H2,1-4H3. The van der Waals surface area contributed by atoms with Crippen LogP contribution in [-0.4, -0.2) is 22.3 Å². The number of hydrogen-bond acceptors (Lipinski definition) is 2. The largest absolute Gasteiger partial charge is 0.389 e. The second-order valence-corrected chi connectivity index (χ2v) is 6.67. The Hall–Kier alpha value is -2.26. The lowest BCUT2D eigenvalue weighted by Gasteiger charge is -2.16. The quantitative estimate of drug-likeness (QED) is 0.733. The average molecular weight is 322 g/mol. The molecule has 3 rings (SSSR count). The predicted molar refractivity (Wildman–Crippen MR) is 102 cm³/mol. The molecule has 3 aromatic rings. The normalized spacial score (nSPS) is 12.5. The number of aryl methyl sites for hydroxylation is 3. The van der Waals surface area contributed by atoms with Crippen molar-refractivity contribution in [1.29, 1.82) is 0 Å². The molecule has 0 amide bonds. The van der Waals surface area contributed by atoms with Crippen LogP contribution in [0.2, 0.25) is 0 Å². The second-order valence-electron chi connectivity index (χ2n) is 6.67. The molecule has 0 aliphatic carbocycles. The summed E-state index contributed by atoms with van der Waals surface area (Å²) in [6, 6.07) is 14.7. The number of benzene rings is 2. The Labute approximate surface area is 143 Å². The van der Waals surface area contributed by atoms with Crippen LogP contribution in [-0.2, 0) is 6.54 Å². The van der Waals surface area contributed by atoms with Crippen molar-refractivity contribution in [3.05, 3.63) is 64.8 Å². The average Bonchev–Trinajstić information content (AvgIpc) is 2.81. The van der Waals surface area contributed by atoms with Gasteiger partial charge in [0.15, 0.2) is 0 Å². The summed E-state index contributed by atoms with van der Waals surface area (Å²) < 4.78 is 2.22. The molecule has 1 unspecified atom stereocenters. The van der Waals surface area contributed by atoms with Gasteiger partial charge in [0.05, 0.1) is 12.6 Å². The molecular weight excluding hydrogens is 296 g/mol. The first-order valence-electron chi connectivity index (χ1n) is 8.51. The topological polar surface area (TPSA) is 37.2 Å². The van der Waals surface area contributed by atoms with E-state index in [2.05, 4.69) is 80.0 Å². The molecule has 3 nitrogen and oxygen atoms in total. The van der Waals surface area contributed by atoms with Gasteiger partial charge < -0.3 is 15.0 Å². The summed E-state index contributed by atoms with van der Waals surface area (Å²) in [4.78, 5) is 0. The van der Waals surface area contributed by atoms with Crippen LogP contribution in [0.5, 0.6) is 0 Å². The molecule has 126 valence electrons. The van der Waals surface area contributed by atoms with Gasteiger partial charge in [0.1, 0.15) is 0 Å². The Morgan fingerprint density at radius 1 is 1.00 bits per heavy atom. The zero-order chi connectivity index (χ0) is 17.3. The summed E-state index contributed by atoms with van der Waals surface area (Å²) in [5.41, 5.74) is 7.31. The predicted octanol–water partition coefficient (Wildman–Crippen LogP) is 4.35. The highest BCUT2D eigenvalue weighted by molar-refractivity contribution is 5.85. The van der Waals surface area contributed by atoms with E-state index < -0.39 is 6.10 Å². The third-order valence-electron chi connectivity index (χ3n) is 4.99. The van der Waals surface area contributed by atoms with E-state index in [9.17, 15) is 5.11 Å². The maximum atomic E-state index is 10.5. The van der Waals surface area contributed by atoms with Gasteiger partial charge in [-0.05, 0) is 62.6 Å². The molecule has 1 aromatic heterocycles. The van der Waals surface area contributed by atoms with Crippen LogP contribution < -0.4 is 5.32 Å². The van der Waals surface area contributed by atoms with E-state index in [0.29, 0.717) is 13.1 Å². The van der Waals surface area contributed by atoms with Crippen LogP contribution in [0.4, 0.5) is 5.69 Å². The fourth-order valence-electron chi connectivity index (χ4n) is 3.20. The number of aromatic nitrogens is 1. The zero-order valence-corrected chi connectivity index (χ0v) is 14.9.